The maximum atomic E-state index is 14.0. The van der Waals surface area contributed by atoms with Crippen molar-refractivity contribution in [3.05, 3.63) is 65.7 Å². The van der Waals surface area contributed by atoms with Gasteiger partial charge in [0.1, 0.15) is 11.6 Å². The van der Waals surface area contributed by atoms with Gasteiger partial charge in [-0.3, -0.25) is 4.90 Å². The summed E-state index contributed by atoms with van der Waals surface area (Å²) in [5.74, 6) is 2.26. The molecule has 2 aromatic carbocycles. The van der Waals surface area contributed by atoms with Gasteiger partial charge in [-0.15, -0.1) is 0 Å². The molecule has 0 spiro atoms. The van der Waals surface area contributed by atoms with Crippen molar-refractivity contribution >= 4 is 0 Å². The summed E-state index contributed by atoms with van der Waals surface area (Å²) in [4.78, 5) is 7.24. The number of ether oxygens (including phenoxy) is 2. The summed E-state index contributed by atoms with van der Waals surface area (Å²) in [6.07, 6.45) is 10.4. The molecule has 0 saturated heterocycles. The molecule has 0 aliphatic carbocycles. The smallest absolute Gasteiger partial charge is 0.231 e. The Kier molecular flexibility index (Phi) is 9.18. The summed E-state index contributed by atoms with van der Waals surface area (Å²) in [6, 6.07) is 13.0. The van der Waals surface area contributed by atoms with Crippen LogP contribution in [-0.4, -0.2) is 27.8 Å². The minimum Gasteiger partial charge on any atom is -0.454 e. The Morgan fingerprint density at radius 1 is 0.914 bits per heavy atom. The van der Waals surface area contributed by atoms with Gasteiger partial charge in [-0.25, -0.2) is 9.37 Å². The lowest BCUT2D eigenvalue weighted by atomic mass is 10.1. The number of halogens is 1. The average molecular weight is 480 g/mol. The fraction of sp³-hybridized carbons (Fsp3) is 0.483. The van der Waals surface area contributed by atoms with E-state index in [4.69, 9.17) is 14.5 Å². The molecular weight excluding hydrogens is 441 g/mol. The third-order valence-electron chi connectivity index (χ3n) is 6.56. The fourth-order valence-electron chi connectivity index (χ4n) is 4.64. The van der Waals surface area contributed by atoms with Crippen molar-refractivity contribution < 1.29 is 13.9 Å². The van der Waals surface area contributed by atoms with Gasteiger partial charge in [0.15, 0.2) is 11.5 Å². The fourth-order valence-corrected chi connectivity index (χ4v) is 4.64. The highest BCUT2D eigenvalue weighted by Crippen LogP contribution is 2.33. The number of fused-ring (bicyclic) bond motifs is 1. The van der Waals surface area contributed by atoms with Crippen LogP contribution in [0.4, 0.5) is 4.39 Å². The molecule has 0 atom stereocenters. The van der Waals surface area contributed by atoms with Gasteiger partial charge < -0.3 is 14.0 Å². The second-order valence-electron chi connectivity index (χ2n) is 9.40. The number of aromatic nitrogens is 2. The first-order chi connectivity index (χ1) is 17.2. The van der Waals surface area contributed by atoms with E-state index < -0.39 is 0 Å². The van der Waals surface area contributed by atoms with Crippen molar-refractivity contribution in [2.24, 2.45) is 0 Å². The van der Waals surface area contributed by atoms with E-state index in [9.17, 15) is 4.39 Å². The standard InChI is InChI=1S/C29H38FN3O2/c1-3-5-7-8-9-15-32(20-23-13-14-27-28(17-23)35-22-34-27)21-26-19-31-29(33(26)16-6-4-2)24-11-10-12-25(30)18-24/h10-14,17-19H,3-9,15-16,20-22H2,1-2H3. The Morgan fingerprint density at radius 3 is 2.57 bits per heavy atom. The zero-order valence-electron chi connectivity index (χ0n) is 21.1. The quantitative estimate of drug-likeness (QED) is 0.229. The number of hydrogen-bond donors (Lipinski definition) is 0. The Morgan fingerprint density at radius 2 is 1.74 bits per heavy atom. The zero-order chi connectivity index (χ0) is 24.5. The van der Waals surface area contributed by atoms with Crippen LogP contribution in [0.25, 0.3) is 11.4 Å². The summed E-state index contributed by atoms with van der Waals surface area (Å²) < 4.78 is 27.3. The third kappa shape index (κ3) is 6.85. The number of hydrogen-bond acceptors (Lipinski definition) is 4. The monoisotopic (exact) mass is 479 g/mol. The van der Waals surface area contributed by atoms with Crippen LogP contribution in [0.15, 0.2) is 48.7 Å². The third-order valence-corrected chi connectivity index (χ3v) is 6.56. The summed E-state index contributed by atoms with van der Waals surface area (Å²) in [7, 11) is 0. The summed E-state index contributed by atoms with van der Waals surface area (Å²) in [5.41, 5.74) is 3.22. The van der Waals surface area contributed by atoms with E-state index in [1.54, 1.807) is 12.1 Å². The highest BCUT2D eigenvalue weighted by Gasteiger charge is 2.18. The molecule has 0 amide bonds. The first kappa shape index (κ1) is 25.2. The van der Waals surface area contributed by atoms with E-state index in [1.807, 2.05) is 18.3 Å². The highest BCUT2D eigenvalue weighted by molar-refractivity contribution is 5.56. The van der Waals surface area contributed by atoms with Crippen molar-refractivity contribution in [1.82, 2.24) is 14.5 Å². The van der Waals surface area contributed by atoms with Crippen molar-refractivity contribution in [3.8, 4) is 22.9 Å². The molecule has 188 valence electrons. The van der Waals surface area contributed by atoms with Gasteiger partial charge in [-0.1, -0.05) is 64.2 Å². The van der Waals surface area contributed by atoms with Gasteiger partial charge in [0.2, 0.25) is 6.79 Å². The lowest BCUT2D eigenvalue weighted by Gasteiger charge is -2.24. The van der Waals surface area contributed by atoms with Crippen molar-refractivity contribution in [2.75, 3.05) is 13.3 Å². The molecule has 0 N–H and O–H groups in total. The molecular formula is C29H38FN3O2. The van der Waals surface area contributed by atoms with Crippen LogP contribution in [-0.2, 0) is 19.6 Å². The van der Waals surface area contributed by atoms with Crippen LogP contribution in [0, 0.1) is 5.82 Å². The summed E-state index contributed by atoms with van der Waals surface area (Å²) in [6.45, 7) is 8.27. The molecule has 5 nitrogen and oxygen atoms in total. The van der Waals surface area contributed by atoms with Crippen molar-refractivity contribution in [2.45, 2.75) is 78.4 Å². The lowest BCUT2D eigenvalue weighted by Crippen LogP contribution is -2.25. The summed E-state index contributed by atoms with van der Waals surface area (Å²) >= 11 is 0. The number of imidazole rings is 1. The number of rotatable bonds is 14. The summed E-state index contributed by atoms with van der Waals surface area (Å²) in [5, 5.41) is 0. The van der Waals surface area contributed by atoms with Crippen molar-refractivity contribution in [3.63, 3.8) is 0 Å². The van der Waals surface area contributed by atoms with Gasteiger partial charge in [0.25, 0.3) is 0 Å². The van der Waals surface area contributed by atoms with E-state index in [0.717, 1.165) is 61.9 Å². The van der Waals surface area contributed by atoms with Crippen molar-refractivity contribution in [1.29, 1.82) is 0 Å². The molecule has 0 unspecified atom stereocenters. The van der Waals surface area contributed by atoms with E-state index in [-0.39, 0.29) is 5.82 Å². The number of nitrogens with zero attached hydrogens (tertiary/aromatic N) is 3. The molecule has 1 aromatic heterocycles. The minimum atomic E-state index is -0.231. The van der Waals surface area contributed by atoms with Crippen LogP contribution in [0.3, 0.4) is 0 Å². The molecule has 1 aliphatic rings. The molecule has 4 rings (SSSR count). The van der Waals surface area contributed by atoms with E-state index in [0.29, 0.717) is 6.79 Å². The molecule has 0 saturated carbocycles. The molecule has 0 radical (unpaired) electrons. The Hall–Kier alpha value is -2.86. The van der Waals surface area contributed by atoms with E-state index in [2.05, 4.69) is 35.4 Å². The van der Waals surface area contributed by atoms with Crippen LogP contribution < -0.4 is 9.47 Å². The van der Waals surface area contributed by atoms with E-state index in [1.165, 1.54) is 49.4 Å². The minimum absolute atomic E-state index is 0.231. The molecule has 1 aliphatic heterocycles. The Balaban J connectivity index is 1.54. The largest absolute Gasteiger partial charge is 0.454 e. The number of benzene rings is 2. The SMILES string of the molecule is CCCCCCCN(Cc1ccc2c(c1)OCO2)Cc1cnc(-c2cccc(F)c2)n1CCCC. The van der Waals surface area contributed by atoms with Gasteiger partial charge in [0.05, 0.1) is 11.9 Å². The van der Waals surface area contributed by atoms with Gasteiger partial charge in [0, 0.05) is 25.2 Å². The van der Waals surface area contributed by atoms with E-state index >= 15 is 0 Å². The highest BCUT2D eigenvalue weighted by atomic mass is 19.1. The zero-order valence-corrected chi connectivity index (χ0v) is 21.1. The molecule has 2 heterocycles. The second-order valence-corrected chi connectivity index (χ2v) is 9.40. The van der Waals surface area contributed by atoms with Gasteiger partial charge in [-0.05, 0) is 49.2 Å². The second kappa shape index (κ2) is 12.7. The first-order valence-electron chi connectivity index (χ1n) is 13.1. The van der Waals surface area contributed by atoms with Crippen LogP contribution >= 0.6 is 0 Å². The molecule has 0 bridgehead atoms. The first-order valence-corrected chi connectivity index (χ1v) is 13.1. The Bertz CT molecular complexity index is 1080. The molecule has 35 heavy (non-hydrogen) atoms. The maximum Gasteiger partial charge on any atom is 0.231 e. The topological polar surface area (TPSA) is 39.5 Å². The van der Waals surface area contributed by atoms with Crippen LogP contribution in [0.2, 0.25) is 0 Å². The van der Waals surface area contributed by atoms with Gasteiger partial charge >= 0.3 is 0 Å². The normalized spacial score (nSPS) is 12.6. The number of unbranched alkanes of at least 4 members (excludes halogenated alkanes) is 5. The molecule has 6 heteroatoms. The Labute approximate surface area is 208 Å². The predicted octanol–water partition coefficient (Wildman–Crippen LogP) is 7.19. The predicted molar refractivity (Wildman–Crippen MR) is 138 cm³/mol. The molecule has 3 aromatic rings. The molecule has 0 fully saturated rings. The maximum absolute atomic E-state index is 14.0. The van der Waals surface area contributed by atoms with Crippen LogP contribution in [0.5, 0.6) is 11.5 Å². The van der Waals surface area contributed by atoms with Gasteiger partial charge in [-0.2, -0.15) is 0 Å². The lowest BCUT2D eigenvalue weighted by molar-refractivity contribution is 0.174. The van der Waals surface area contributed by atoms with Crippen LogP contribution in [0.1, 0.15) is 70.1 Å². The average Bonchev–Trinajstić information content (AvgIpc) is 3.49.